The van der Waals surface area contributed by atoms with Gasteiger partial charge in [0.15, 0.2) is 11.7 Å². The Hall–Kier alpha value is -3.91. The first-order valence-corrected chi connectivity index (χ1v) is 15.8. The second-order valence-corrected chi connectivity index (χ2v) is 13.4. The highest BCUT2D eigenvalue weighted by molar-refractivity contribution is 8.24. The molecule has 0 spiro atoms. The number of amidine groups is 1. The van der Waals surface area contributed by atoms with Gasteiger partial charge in [-0.3, -0.25) is 13.9 Å². The first-order valence-electron chi connectivity index (χ1n) is 14.0. The Morgan fingerprint density at radius 1 is 1.18 bits per heavy atom. The molecule has 11 nitrogen and oxygen atoms in total. The third-order valence-electron chi connectivity index (χ3n) is 7.94. The second kappa shape index (κ2) is 11.5. The number of anilines is 3. The molecule has 2 aliphatic heterocycles. The zero-order chi connectivity index (χ0) is 32.2. The van der Waals surface area contributed by atoms with Crippen LogP contribution in [-0.2, 0) is 0 Å². The summed E-state index contributed by atoms with van der Waals surface area (Å²) in [6, 6.07) is 8.19. The summed E-state index contributed by atoms with van der Waals surface area (Å²) < 4.78 is 44.6. The van der Waals surface area contributed by atoms with Gasteiger partial charge in [-0.25, -0.2) is 18.5 Å². The normalized spacial score (nSPS) is 20.3. The van der Waals surface area contributed by atoms with E-state index in [1.54, 1.807) is 30.9 Å². The van der Waals surface area contributed by atoms with Crippen LogP contribution < -0.4 is 10.0 Å². The number of aromatic nitrogens is 1. The molecule has 2 aromatic carbocycles. The molecule has 2 atom stereocenters. The van der Waals surface area contributed by atoms with E-state index >= 15 is 4.39 Å². The monoisotopic (exact) mass is 644 g/mol. The van der Waals surface area contributed by atoms with Crippen LogP contribution in [0.4, 0.5) is 26.4 Å². The van der Waals surface area contributed by atoms with Crippen LogP contribution in [0.5, 0.6) is 0 Å². The lowest BCUT2D eigenvalue weighted by Crippen LogP contribution is -2.59. The number of hydrogen-bond acceptors (Lipinski definition) is 9. The predicted octanol–water partition coefficient (Wildman–Crippen LogP) is 6.92. The van der Waals surface area contributed by atoms with Gasteiger partial charge in [0.2, 0.25) is 0 Å². The summed E-state index contributed by atoms with van der Waals surface area (Å²) >= 11 is 6.77. The molecule has 0 aliphatic carbocycles. The molecule has 5 rings (SSSR count). The van der Waals surface area contributed by atoms with E-state index in [0.29, 0.717) is 27.9 Å². The fourth-order valence-corrected chi connectivity index (χ4v) is 7.46. The van der Waals surface area contributed by atoms with Gasteiger partial charge in [0, 0.05) is 36.4 Å². The molecular formula is C30H34ClFN6O5S. The average molecular weight is 645 g/mol. The van der Waals surface area contributed by atoms with Gasteiger partial charge in [0.25, 0.3) is 0 Å². The van der Waals surface area contributed by atoms with Crippen LogP contribution in [0, 0.1) is 12.7 Å². The van der Waals surface area contributed by atoms with Crippen molar-refractivity contribution in [3.8, 4) is 11.3 Å². The van der Waals surface area contributed by atoms with Crippen molar-refractivity contribution < 1.29 is 28.2 Å². The molecule has 3 heterocycles. The SMILES string of the molecule is Cc1cc(C=O)cc(C(C)C)c1N1c2nc(-c3c(N)cccc3F)c(Cl)cc2C(N2CC(C)N(C(=O)O)CC2C)=NS1(O)O. The van der Waals surface area contributed by atoms with Crippen molar-refractivity contribution in [2.24, 2.45) is 4.40 Å². The van der Waals surface area contributed by atoms with Gasteiger partial charge >= 0.3 is 6.09 Å². The van der Waals surface area contributed by atoms with Crippen molar-refractivity contribution in [1.82, 2.24) is 14.8 Å². The Balaban J connectivity index is 1.81. The Morgan fingerprint density at radius 2 is 1.89 bits per heavy atom. The average Bonchev–Trinajstić information content (AvgIpc) is 2.94. The minimum absolute atomic E-state index is 0.00663. The third kappa shape index (κ3) is 5.34. The summed E-state index contributed by atoms with van der Waals surface area (Å²) in [6.45, 7) is 9.46. The Kier molecular flexibility index (Phi) is 8.27. The van der Waals surface area contributed by atoms with Crippen LogP contribution >= 0.6 is 22.6 Å². The molecule has 3 aromatic rings. The summed E-state index contributed by atoms with van der Waals surface area (Å²) in [7, 11) is -4.06. The number of carbonyl (C=O) groups excluding carboxylic acids is 1. The Labute approximate surface area is 261 Å². The largest absolute Gasteiger partial charge is 0.465 e. The lowest BCUT2D eigenvalue weighted by atomic mass is 9.95. The van der Waals surface area contributed by atoms with E-state index in [1.807, 2.05) is 20.8 Å². The van der Waals surface area contributed by atoms with Gasteiger partial charge in [-0.2, -0.15) is 0 Å². The van der Waals surface area contributed by atoms with Crippen molar-refractivity contribution in [1.29, 1.82) is 0 Å². The number of aldehydes is 1. The number of amides is 1. The number of carbonyl (C=O) groups is 2. The maximum absolute atomic E-state index is 15.2. The smallest absolute Gasteiger partial charge is 0.407 e. The van der Waals surface area contributed by atoms with Gasteiger partial charge in [-0.1, -0.05) is 31.5 Å². The van der Waals surface area contributed by atoms with Crippen LogP contribution in [0.1, 0.15) is 60.7 Å². The molecule has 1 amide bonds. The molecule has 0 radical (unpaired) electrons. The molecule has 0 saturated carbocycles. The van der Waals surface area contributed by atoms with Gasteiger partial charge < -0.3 is 20.6 Å². The molecule has 1 fully saturated rings. The van der Waals surface area contributed by atoms with Crippen LogP contribution in [0.2, 0.25) is 5.02 Å². The molecule has 2 aliphatic rings. The lowest BCUT2D eigenvalue weighted by Gasteiger charge is -2.49. The second-order valence-electron chi connectivity index (χ2n) is 11.4. The number of aryl methyl sites for hydroxylation is 1. The fraction of sp³-hybridized carbons (Fsp3) is 0.333. The Bertz CT molecular complexity index is 1680. The fourth-order valence-electron chi connectivity index (χ4n) is 5.83. The van der Waals surface area contributed by atoms with E-state index in [1.165, 1.54) is 33.5 Å². The highest BCUT2D eigenvalue weighted by atomic mass is 35.5. The molecule has 234 valence electrons. The maximum Gasteiger partial charge on any atom is 0.407 e. The predicted molar refractivity (Wildman–Crippen MR) is 172 cm³/mol. The maximum atomic E-state index is 15.2. The molecule has 2 unspecified atom stereocenters. The van der Waals surface area contributed by atoms with E-state index in [2.05, 4.69) is 4.40 Å². The van der Waals surface area contributed by atoms with Crippen molar-refractivity contribution in [2.45, 2.75) is 52.6 Å². The van der Waals surface area contributed by atoms with Gasteiger partial charge in [-0.15, -0.1) is 4.40 Å². The quantitative estimate of drug-likeness (QED) is 0.175. The number of nitrogen functional groups attached to an aromatic ring is 1. The number of halogens is 2. The molecule has 0 bridgehead atoms. The number of nitrogens with zero attached hydrogens (tertiary/aromatic N) is 5. The van der Waals surface area contributed by atoms with Crippen LogP contribution in [0.15, 0.2) is 40.8 Å². The van der Waals surface area contributed by atoms with Gasteiger partial charge in [-0.05, 0) is 79.1 Å². The number of carboxylic acid groups (broad SMARTS) is 1. The van der Waals surface area contributed by atoms with Gasteiger partial charge in [0.1, 0.15) is 12.1 Å². The van der Waals surface area contributed by atoms with E-state index in [-0.39, 0.29) is 52.6 Å². The van der Waals surface area contributed by atoms with E-state index in [0.717, 1.165) is 6.29 Å². The summed E-state index contributed by atoms with van der Waals surface area (Å²) in [5.41, 5.74) is 8.52. The van der Waals surface area contributed by atoms with E-state index in [9.17, 15) is 23.8 Å². The van der Waals surface area contributed by atoms with Crippen LogP contribution in [0.25, 0.3) is 11.3 Å². The standard InChI is InChI=1S/C30H34ClFN6O5S/c1-15(2)20-10-19(14-39)9-16(3)27(20)38-28-21(11-22(31)26(34-28)25-23(32)7-6-8-24(25)33)29(35-44(38,42)43)36-12-18(5)37(30(40)41)13-17(36)4/h6-11,14-15,17-18,42-43H,12-13,33H2,1-5H3,(H,40,41). The van der Waals surface area contributed by atoms with Crippen molar-refractivity contribution in [2.75, 3.05) is 23.1 Å². The first kappa shape index (κ1) is 31.5. The number of fused-ring (bicyclic) bond motifs is 1. The summed E-state index contributed by atoms with van der Waals surface area (Å²) in [6.07, 6.45) is -0.338. The number of hydrogen-bond donors (Lipinski definition) is 4. The number of rotatable bonds is 4. The van der Waals surface area contributed by atoms with Crippen molar-refractivity contribution in [3.63, 3.8) is 0 Å². The minimum atomic E-state index is -4.06. The summed E-state index contributed by atoms with van der Waals surface area (Å²) in [5, 5.41) is 9.73. The summed E-state index contributed by atoms with van der Waals surface area (Å²) in [4.78, 5) is 31.5. The zero-order valence-corrected chi connectivity index (χ0v) is 26.4. The highest BCUT2D eigenvalue weighted by Gasteiger charge is 2.43. The molecular weight excluding hydrogens is 611 g/mol. The number of piperazine rings is 1. The molecule has 5 N–H and O–H groups in total. The molecule has 1 saturated heterocycles. The zero-order valence-electron chi connectivity index (χ0n) is 24.8. The first-order chi connectivity index (χ1) is 20.7. The molecule has 1 aromatic heterocycles. The van der Waals surface area contributed by atoms with Crippen molar-refractivity contribution in [3.05, 3.63) is 69.5 Å². The lowest BCUT2D eigenvalue weighted by molar-refractivity contribution is 0.0750. The van der Waals surface area contributed by atoms with E-state index in [4.69, 9.17) is 22.3 Å². The molecule has 44 heavy (non-hydrogen) atoms. The number of benzene rings is 2. The number of pyridine rings is 1. The highest BCUT2D eigenvalue weighted by Crippen LogP contribution is 2.59. The van der Waals surface area contributed by atoms with Crippen LogP contribution in [-0.4, -0.2) is 72.4 Å². The molecule has 14 heteroatoms. The summed E-state index contributed by atoms with van der Waals surface area (Å²) in [5.74, 6) is -0.617. The minimum Gasteiger partial charge on any atom is -0.465 e. The number of nitrogens with two attached hydrogens (primary N) is 1. The topological polar surface area (TPSA) is 156 Å². The van der Waals surface area contributed by atoms with Crippen molar-refractivity contribution >= 4 is 58.0 Å². The van der Waals surface area contributed by atoms with Gasteiger partial charge in [0.05, 0.1) is 27.5 Å². The third-order valence-corrected chi connectivity index (χ3v) is 9.49. The van der Waals surface area contributed by atoms with Crippen LogP contribution in [0.3, 0.4) is 0 Å². The van der Waals surface area contributed by atoms with E-state index < -0.39 is 35.0 Å². The Morgan fingerprint density at radius 3 is 2.50 bits per heavy atom.